The predicted octanol–water partition coefficient (Wildman–Crippen LogP) is 3.62. The number of Topliss-reactive ketones (excluding diaryl/α,β-unsaturated/α-hetero) is 1. The van der Waals surface area contributed by atoms with E-state index >= 15 is 0 Å². The number of ether oxygens (including phenoxy) is 1. The average Bonchev–Trinajstić information content (AvgIpc) is 2.68. The van der Waals surface area contributed by atoms with E-state index in [1.807, 2.05) is 12.1 Å². The second-order valence-corrected chi connectivity index (χ2v) is 6.60. The lowest BCUT2D eigenvalue weighted by atomic mass is 9.70. The monoisotopic (exact) mass is 308 g/mol. The summed E-state index contributed by atoms with van der Waals surface area (Å²) in [5, 5.41) is 0. The van der Waals surface area contributed by atoms with Crippen LogP contribution in [0.15, 0.2) is 22.7 Å². The zero-order valence-corrected chi connectivity index (χ0v) is 12.1. The topological polar surface area (TPSA) is 26.3 Å². The van der Waals surface area contributed by atoms with E-state index in [4.69, 9.17) is 4.74 Å². The molecule has 0 N–H and O–H groups in total. The number of rotatable bonds is 1. The van der Waals surface area contributed by atoms with Crippen molar-refractivity contribution in [2.75, 3.05) is 13.2 Å². The van der Waals surface area contributed by atoms with Crippen LogP contribution in [0.5, 0.6) is 0 Å². The van der Waals surface area contributed by atoms with Crippen LogP contribution in [0.4, 0.5) is 0 Å². The number of carbonyl (C=O) groups excluding carboxylic acids is 1. The van der Waals surface area contributed by atoms with Gasteiger partial charge in [-0.2, -0.15) is 0 Å². The maximum absolute atomic E-state index is 12.6. The fraction of sp³-hybridized carbons (Fsp3) is 0.533. The summed E-state index contributed by atoms with van der Waals surface area (Å²) in [6.07, 6.45) is 2.90. The Hall–Kier alpha value is -0.670. The first-order valence-electron chi connectivity index (χ1n) is 6.50. The van der Waals surface area contributed by atoms with E-state index in [2.05, 4.69) is 28.9 Å². The lowest BCUT2D eigenvalue weighted by Gasteiger charge is -2.37. The molecule has 1 heterocycles. The quantitative estimate of drug-likeness (QED) is 0.792. The zero-order chi connectivity index (χ0) is 12.8. The Bertz CT molecular complexity index is 489. The third kappa shape index (κ3) is 1.94. The van der Waals surface area contributed by atoms with E-state index in [1.54, 1.807) is 0 Å². The molecule has 1 atom stereocenters. The van der Waals surface area contributed by atoms with Gasteiger partial charge in [-0.25, -0.2) is 0 Å². The molecule has 2 aliphatic rings. The summed E-state index contributed by atoms with van der Waals surface area (Å²) in [7, 11) is 0. The van der Waals surface area contributed by atoms with Crippen molar-refractivity contribution in [3.63, 3.8) is 0 Å². The number of ketones is 1. The van der Waals surface area contributed by atoms with E-state index in [9.17, 15) is 4.79 Å². The van der Waals surface area contributed by atoms with Crippen molar-refractivity contribution in [3.05, 3.63) is 33.8 Å². The van der Waals surface area contributed by atoms with Gasteiger partial charge in [-0.3, -0.25) is 4.79 Å². The molecule has 1 aliphatic heterocycles. The van der Waals surface area contributed by atoms with E-state index in [-0.39, 0.29) is 11.3 Å². The van der Waals surface area contributed by atoms with E-state index in [0.717, 1.165) is 42.5 Å². The first-order chi connectivity index (χ1) is 8.60. The van der Waals surface area contributed by atoms with Gasteiger partial charge in [0.1, 0.15) is 0 Å². The fourth-order valence-electron chi connectivity index (χ4n) is 3.21. The number of hydrogen-bond donors (Lipinski definition) is 0. The molecule has 1 fully saturated rings. The normalized spacial score (nSPS) is 26.1. The summed E-state index contributed by atoms with van der Waals surface area (Å²) in [5.74, 6) is 0.474. The molecule has 0 spiro atoms. The van der Waals surface area contributed by atoms with Crippen LogP contribution in [0.25, 0.3) is 0 Å². The Morgan fingerprint density at radius 1 is 1.33 bits per heavy atom. The third-order valence-electron chi connectivity index (χ3n) is 4.55. The van der Waals surface area contributed by atoms with Crippen LogP contribution in [0.3, 0.4) is 0 Å². The van der Waals surface area contributed by atoms with Crippen LogP contribution >= 0.6 is 15.9 Å². The third-order valence-corrected chi connectivity index (χ3v) is 5.05. The largest absolute Gasteiger partial charge is 0.381 e. The van der Waals surface area contributed by atoms with Gasteiger partial charge in [-0.15, -0.1) is 0 Å². The molecule has 0 radical (unpaired) electrons. The summed E-state index contributed by atoms with van der Waals surface area (Å²) < 4.78 is 6.43. The maximum Gasteiger partial charge on any atom is 0.167 e. The molecule has 1 aromatic rings. The Labute approximate surface area is 116 Å². The van der Waals surface area contributed by atoms with Crippen molar-refractivity contribution in [3.8, 4) is 0 Å². The van der Waals surface area contributed by atoms with E-state index in [0.29, 0.717) is 5.78 Å². The minimum Gasteiger partial charge on any atom is -0.381 e. The van der Waals surface area contributed by atoms with Gasteiger partial charge in [0.05, 0.1) is 0 Å². The Balaban J connectivity index is 1.92. The van der Waals surface area contributed by atoms with E-state index < -0.39 is 0 Å². The minimum absolute atomic E-state index is 0.112. The molecule has 96 valence electrons. The Morgan fingerprint density at radius 2 is 2.06 bits per heavy atom. The second-order valence-electron chi connectivity index (χ2n) is 5.69. The van der Waals surface area contributed by atoms with Crippen molar-refractivity contribution >= 4 is 21.7 Å². The van der Waals surface area contributed by atoms with Crippen LogP contribution < -0.4 is 0 Å². The highest BCUT2D eigenvalue weighted by molar-refractivity contribution is 9.10. The highest BCUT2D eigenvalue weighted by Crippen LogP contribution is 2.45. The Kier molecular flexibility index (Phi) is 3.07. The molecule has 1 unspecified atom stereocenters. The van der Waals surface area contributed by atoms with Gasteiger partial charge in [0.25, 0.3) is 0 Å². The highest BCUT2D eigenvalue weighted by atomic mass is 79.9. The number of halogens is 1. The molecular weight excluding hydrogens is 292 g/mol. The van der Waals surface area contributed by atoms with Crippen molar-refractivity contribution in [1.82, 2.24) is 0 Å². The molecule has 18 heavy (non-hydrogen) atoms. The van der Waals surface area contributed by atoms with E-state index in [1.165, 1.54) is 5.56 Å². The summed E-state index contributed by atoms with van der Waals surface area (Å²) in [4.78, 5) is 12.6. The molecule has 1 aromatic carbocycles. The van der Waals surface area contributed by atoms with Gasteiger partial charge < -0.3 is 4.74 Å². The summed E-state index contributed by atoms with van der Waals surface area (Å²) in [5.41, 5.74) is 2.24. The SMILES string of the molecule is CC1(C2Cc3ccc(Br)cc3C2=O)CCOCC1. The lowest BCUT2D eigenvalue weighted by Crippen LogP contribution is -2.37. The maximum atomic E-state index is 12.6. The lowest BCUT2D eigenvalue weighted by molar-refractivity contribution is -0.00182. The molecule has 0 saturated carbocycles. The van der Waals surface area contributed by atoms with Gasteiger partial charge in [-0.1, -0.05) is 28.9 Å². The average molecular weight is 309 g/mol. The summed E-state index contributed by atoms with van der Waals surface area (Å²) in [6, 6.07) is 6.08. The van der Waals surface area contributed by atoms with Crippen LogP contribution in [-0.2, 0) is 11.2 Å². The van der Waals surface area contributed by atoms with Crippen LogP contribution in [0, 0.1) is 11.3 Å². The van der Waals surface area contributed by atoms with Crippen molar-refractivity contribution in [1.29, 1.82) is 0 Å². The van der Waals surface area contributed by atoms with Crippen molar-refractivity contribution < 1.29 is 9.53 Å². The van der Waals surface area contributed by atoms with Crippen molar-refractivity contribution in [2.24, 2.45) is 11.3 Å². The van der Waals surface area contributed by atoms with Crippen LogP contribution in [-0.4, -0.2) is 19.0 Å². The van der Waals surface area contributed by atoms with Crippen molar-refractivity contribution in [2.45, 2.75) is 26.2 Å². The fourth-order valence-corrected chi connectivity index (χ4v) is 3.57. The molecule has 3 heteroatoms. The summed E-state index contributed by atoms with van der Waals surface area (Å²) >= 11 is 3.45. The molecular formula is C15H17BrO2. The number of hydrogen-bond acceptors (Lipinski definition) is 2. The van der Waals surface area contributed by atoms with Gasteiger partial charge in [-0.05, 0) is 42.4 Å². The molecule has 0 amide bonds. The first-order valence-corrected chi connectivity index (χ1v) is 7.30. The van der Waals surface area contributed by atoms with Crippen LogP contribution in [0.1, 0.15) is 35.7 Å². The standard InChI is InChI=1S/C15H17BrO2/c1-15(4-6-18-7-5-15)13-8-10-2-3-11(16)9-12(10)14(13)17/h2-3,9,13H,4-8H2,1H3. The number of carbonyl (C=O) groups is 1. The van der Waals surface area contributed by atoms with Crippen LogP contribution in [0.2, 0.25) is 0 Å². The smallest absolute Gasteiger partial charge is 0.167 e. The molecule has 2 nitrogen and oxygen atoms in total. The van der Waals surface area contributed by atoms with Gasteiger partial charge >= 0.3 is 0 Å². The van der Waals surface area contributed by atoms with Gasteiger partial charge in [0.2, 0.25) is 0 Å². The minimum atomic E-state index is 0.112. The predicted molar refractivity (Wildman–Crippen MR) is 73.8 cm³/mol. The Morgan fingerprint density at radius 3 is 2.78 bits per heavy atom. The van der Waals surface area contributed by atoms with Gasteiger partial charge in [0.15, 0.2) is 5.78 Å². The molecule has 0 bridgehead atoms. The first kappa shape index (κ1) is 12.4. The number of benzene rings is 1. The second kappa shape index (κ2) is 4.46. The summed E-state index contributed by atoms with van der Waals surface area (Å²) in [6.45, 7) is 3.83. The molecule has 1 aliphatic carbocycles. The number of fused-ring (bicyclic) bond motifs is 1. The molecule has 1 saturated heterocycles. The highest BCUT2D eigenvalue weighted by Gasteiger charge is 2.44. The molecule has 0 aromatic heterocycles. The van der Waals surface area contributed by atoms with Gasteiger partial charge in [0, 0.05) is 29.2 Å². The zero-order valence-electron chi connectivity index (χ0n) is 10.5. The molecule has 3 rings (SSSR count).